The minimum absolute atomic E-state index is 0.235. The van der Waals surface area contributed by atoms with Crippen LogP contribution in [-0.2, 0) is 21.1 Å². The Kier molecular flexibility index (Phi) is 5.22. The molecule has 0 atom stereocenters. The van der Waals surface area contributed by atoms with E-state index in [2.05, 4.69) is 5.32 Å². The van der Waals surface area contributed by atoms with Crippen LogP contribution < -0.4 is 5.32 Å². The lowest BCUT2D eigenvalue weighted by atomic mass is 10.2. The van der Waals surface area contributed by atoms with E-state index in [4.69, 9.17) is 4.74 Å². The molecule has 1 aromatic carbocycles. The molecule has 1 aliphatic carbocycles. The second-order valence-corrected chi connectivity index (χ2v) is 7.40. The lowest BCUT2D eigenvalue weighted by Crippen LogP contribution is -2.23. The number of ether oxygens (including phenoxy) is 1. The van der Waals surface area contributed by atoms with E-state index in [9.17, 15) is 13.2 Å². The van der Waals surface area contributed by atoms with Crippen molar-refractivity contribution in [3.63, 3.8) is 0 Å². The summed E-state index contributed by atoms with van der Waals surface area (Å²) in [6, 6.07) is 6.70. The van der Waals surface area contributed by atoms with Crippen LogP contribution in [0.3, 0.4) is 0 Å². The fraction of sp³-hybridized carbons (Fsp3) is 0.533. The summed E-state index contributed by atoms with van der Waals surface area (Å²) in [7, 11) is -3.21. The molecule has 1 aliphatic rings. The van der Waals surface area contributed by atoms with Crippen LogP contribution in [0.4, 0.5) is 4.79 Å². The summed E-state index contributed by atoms with van der Waals surface area (Å²) in [6.45, 7) is 2.38. The van der Waals surface area contributed by atoms with Gasteiger partial charge in [0.2, 0.25) is 0 Å². The average Bonchev–Trinajstić information content (AvgIpc) is 3.01. The molecule has 2 rings (SSSR count). The van der Waals surface area contributed by atoms with Gasteiger partial charge in [-0.1, -0.05) is 25.0 Å². The number of amides is 1. The van der Waals surface area contributed by atoms with Gasteiger partial charge in [-0.3, -0.25) is 0 Å². The first-order valence-electron chi connectivity index (χ1n) is 7.27. The molecule has 1 N–H and O–H groups in total. The van der Waals surface area contributed by atoms with Crippen molar-refractivity contribution in [2.45, 2.75) is 49.3 Å². The zero-order chi connectivity index (χ0) is 15.3. The smallest absolute Gasteiger partial charge is 0.407 e. The zero-order valence-corrected chi connectivity index (χ0v) is 13.0. The molecule has 5 nitrogen and oxygen atoms in total. The van der Waals surface area contributed by atoms with Gasteiger partial charge in [0.15, 0.2) is 9.84 Å². The van der Waals surface area contributed by atoms with Crippen LogP contribution in [0.25, 0.3) is 0 Å². The van der Waals surface area contributed by atoms with Crippen LogP contribution in [0.15, 0.2) is 29.2 Å². The first kappa shape index (κ1) is 15.8. The molecule has 0 aliphatic heterocycles. The Balaban J connectivity index is 2.00. The Morgan fingerprint density at radius 1 is 1.24 bits per heavy atom. The van der Waals surface area contributed by atoms with Crippen LogP contribution in [-0.4, -0.2) is 26.4 Å². The molecule has 0 heterocycles. The van der Waals surface area contributed by atoms with E-state index >= 15 is 0 Å². The normalized spacial score (nSPS) is 15.9. The number of benzene rings is 1. The molecule has 1 aromatic rings. The fourth-order valence-corrected chi connectivity index (χ4v) is 4.40. The second-order valence-electron chi connectivity index (χ2n) is 5.17. The predicted molar refractivity (Wildman–Crippen MR) is 79.7 cm³/mol. The fourth-order valence-electron chi connectivity index (χ4n) is 2.54. The van der Waals surface area contributed by atoms with E-state index in [1.54, 1.807) is 31.2 Å². The van der Waals surface area contributed by atoms with Crippen molar-refractivity contribution in [3.05, 3.63) is 29.8 Å². The summed E-state index contributed by atoms with van der Waals surface area (Å²) in [6.07, 6.45) is 3.03. The molecule has 1 fully saturated rings. The van der Waals surface area contributed by atoms with Crippen molar-refractivity contribution < 1.29 is 17.9 Å². The quantitative estimate of drug-likeness (QED) is 0.907. The summed E-state index contributed by atoms with van der Waals surface area (Å²) in [5.74, 6) is 0. The Labute approximate surface area is 125 Å². The van der Waals surface area contributed by atoms with E-state index in [0.29, 0.717) is 18.0 Å². The third kappa shape index (κ3) is 3.97. The number of nitrogens with one attached hydrogen (secondary N) is 1. The van der Waals surface area contributed by atoms with Crippen molar-refractivity contribution in [1.29, 1.82) is 0 Å². The molecule has 0 bridgehead atoms. The number of carbonyl (C=O) groups excluding carboxylic acids is 1. The van der Waals surface area contributed by atoms with Gasteiger partial charge in [-0.2, -0.15) is 0 Å². The summed E-state index contributed by atoms with van der Waals surface area (Å²) in [5.41, 5.74) is 0.841. The molecular weight excluding hydrogens is 290 g/mol. The summed E-state index contributed by atoms with van der Waals surface area (Å²) in [4.78, 5) is 11.6. The molecule has 6 heteroatoms. The number of hydrogen-bond donors (Lipinski definition) is 1. The molecule has 0 aromatic heterocycles. The molecule has 21 heavy (non-hydrogen) atoms. The standard InChI is InChI=1S/C15H21NO4S/c1-2-20-15(17)16-11-12-7-9-14(10-8-12)21(18,19)13-5-3-4-6-13/h7-10,13H,2-6,11H2,1H3,(H,16,17). The summed E-state index contributed by atoms with van der Waals surface area (Å²) >= 11 is 0. The largest absolute Gasteiger partial charge is 0.450 e. The van der Waals surface area contributed by atoms with Gasteiger partial charge >= 0.3 is 6.09 Å². The minimum Gasteiger partial charge on any atom is -0.450 e. The Morgan fingerprint density at radius 3 is 2.43 bits per heavy atom. The highest BCUT2D eigenvalue weighted by atomic mass is 32.2. The SMILES string of the molecule is CCOC(=O)NCc1ccc(S(=O)(=O)C2CCCC2)cc1. The molecule has 116 valence electrons. The monoisotopic (exact) mass is 311 g/mol. The average molecular weight is 311 g/mol. The van der Waals surface area contributed by atoms with Gasteiger partial charge < -0.3 is 10.1 Å². The zero-order valence-electron chi connectivity index (χ0n) is 12.2. The number of carbonyl (C=O) groups is 1. The van der Waals surface area contributed by atoms with E-state index in [1.807, 2.05) is 0 Å². The predicted octanol–water partition coefficient (Wildman–Crippen LogP) is 2.65. The van der Waals surface area contributed by atoms with E-state index in [1.165, 1.54) is 0 Å². The maximum atomic E-state index is 12.4. The highest BCUT2D eigenvalue weighted by Gasteiger charge is 2.29. The molecule has 0 radical (unpaired) electrons. The Hall–Kier alpha value is -1.56. The molecule has 0 unspecified atom stereocenters. The van der Waals surface area contributed by atoms with Crippen LogP contribution in [0.2, 0.25) is 0 Å². The lowest BCUT2D eigenvalue weighted by molar-refractivity contribution is 0.151. The Bertz CT molecular complexity index is 574. The van der Waals surface area contributed by atoms with Crippen LogP contribution in [0.1, 0.15) is 38.2 Å². The molecule has 1 saturated carbocycles. The first-order valence-corrected chi connectivity index (χ1v) is 8.82. The maximum absolute atomic E-state index is 12.4. The topological polar surface area (TPSA) is 72.5 Å². The van der Waals surface area contributed by atoms with Crippen molar-refractivity contribution in [2.24, 2.45) is 0 Å². The van der Waals surface area contributed by atoms with Gasteiger partial charge in [-0.25, -0.2) is 13.2 Å². The van der Waals surface area contributed by atoms with Crippen LogP contribution >= 0.6 is 0 Å². The van der Waals surface area contributed by atoms with Crippen LogP contribution in [0.5, 0.6) is 0 Å². The lowest BCUT2D eigenvalue weighted by Gasteiger charge is -2.11. The van der Waals surface area contributed by atoms with Crippen molar-refractivity contribution in [2.75, 3.05) is 6.61 Å². The van der Waals surface area contributed by atoms with E-state index in [-0.39, 0.29) is 5.25 Å². The molecule has 0 saturated heterocycles. The van der Waals surface area contributed by atoms with E-state index < -0.39 is 15.9 Å². The van der Waals surface area contributed by atoms with Gasteiger partial charge in [0.05, 0.1) is 16.8 Å². The van der Waals surface area contributed by atoms with Crippen LogP contribution in [0, 0.1) is 0 Å². The van der Waals surface area contributed by atoms with E-state index in [0.717, 1.165) is 31.2 Å². The minimum atomic E-state index is -3.21. The number of rotatable bonds is 5. The molecule has 0 spiro atoms. The van der Waals surface area contributed by atoms with Gasteiger partial charge in [-0.05, 0) is 37.5 Å². The second kappa shape index (κ2) is 6.93. The summed E-state index contributed by atoms with van der Waals surface area (Å²) in [5, 5.41) is 2.37. The molecular formula is C15H21NO4S. The molecule has 1 amide bonds. The number of hydrogen-bond acceptors (Lipinski definition) is 4. The van der Waals surface area contributed by atoms with Gasteiger partial charge in [0.25, 0.3) is 0 Å². The Morgan fingerprint density at radius 2 is 1.86 bits per heavy atom. The van der Waals surface area contributed by atoms with Crippen molar-refractivity contribution >= 4 is 15.9 Å². The maximum Gasteiger partial charge on any atom is 0.407 e. The van der Waals surface area contributed by atoms with Gasteiger partial charge in [0, 0.05) is 6.54 Å². The number of sulfone groups is 1. The van der Waals surface area contributed by atoms with Gasteiger partial charge in [0.1, 0.15) is 0 Å². The van der Waals surface area contributed by atoms with Crippen molar-refractivity contribution in [1.82, 2.24) is 5.32 Å². The third-order valence-corrected chi connectivity index (χ3v) is 5.98. The first-order chi connectivity index (χ1) is 10.0. The van der Waals surface area contributed by atoms with Gasteiger partial charge in [-0.15, -0.1) is 0 Å². The highest BCUT2D eigenvalue weighted by molar-refractivity contribution is 7.92. The highest BCUT2D eigenvalue weighted by Crippen LogP contribution is 2.29. The third-order valence-electron chi connectivity index (χ3n) is 3.71. The number of alkyl carbamates (subject to hydrolysis) is 1. The summed E-state index contributed by atoms with van der Waals surface area (Å²) < 4.78 is 29.6. The van der Waals surface area contributed by atoms with Crippen molar-refractivity contribution in [3.8, 4) is 0 Å².